The summed E-state index contributed by atoms with van der Waals surface area (Å²) in [6, 6.07) is 0. The van der Waals surface area contributed by atoms with Crippen molar-refractivity contribution in [3.63, 3.8) is 0 Å². The molecule has 1 heterocycles. The van der Waals surface area contributed by atoms with E-state index < -0.39 is 0 Å². The predicted octanol–water partition coefficient (Wildman–Crippen LogP) is 3.13. The van der Waals surface area contributed by atoms with E-state index in [2.05, 4.69) is 23.8 Å². The Morgan fingerprint density at radius 3 is 1.38 bits per heavy atom. The van der Waals surface area contributed by atoms with Gasteiger partial charge in [0.1, 0.15) is 0 Å². The lowest BCUT2D eigenvalue weighted by molar-refractivity contribution is 0.866. The molecule has 0 radical (unpaired) electrons. The normalized spacial score (nSPS) is 16.6. The third-order valence-electron chi connectivity index (χ3n) is 2.19. The summed E-state index contributed by atoms with van der Waals surface area (Å²) < 4.78 is 0. The number of hydrogen-bond donors (Lipinski definition) is 2. The molecule has 0 aromatic heterocycles. The molecule has 1 aliphatic rings. The fourth-order valence-electron chi connectivity index (χ4n) is 1.48. The average molecular weight is 214 g/mol. The van der Waals surface area contributed by atoms with E-state index in [0.29, 0.717) is 0 Å². The summed E-state index contributed by atoms with van der Waals surface area (Å²) in [5.74, 6) is 0. The van der Waals surface area contributed by atoms with Crippen LogP contribution in [-0.2, 0) is 0 Å². The van der Waals surface area contributed by atoms with E-state index in [-0.39, 0.29) is 0 Å². The minimum absolute atomic E-state index is 0.941. The molecule has 0 aromatic rings. The molecule has 0 bridgehead atoms. The largest absolute Gasteiger partial charge is 0.352 e. The van der Waals surface area contributed by atoms with Crippen LogP contribution in [0.3, 0.4) is 0 Å². The van der Waals surface area contributed by atoms with E-state index in [1.807, 2.05) is 38.2 Å². The first-order chi connectivity index (χ1) is 7.76. The van der Waals surface area contributed by atoms with Gasteiger partial charge in [-0.05, 0) is 38.2 Å². The number of rotatable bonds is 4. The lowest BCUT2D eigenvalue weighted by atomic mass is 10.1. The summed E-state index contributed by atoms with van der Waals surface area (Å²) in [6.07, 6.45) is 11.6. The van der Waals surface area contributed by atoms with Gasteiger partial charge >= 0.3 is 0 Å². The summed E-state index contributed by atoms with van der Waals surface area (Å²) in [6.45, 7) is 11.5. The molecule has 0 unspecified atom stereocenters. The second-order valence-electron chi connectivity index (χ2n) is 3.31. The van der Waals surface area contributed by atoms with Gasteiger partial charge in [0.15, 0.2) is 0 Å². The van der Waals surface area contributed by atoms with Crippen molar-refractivity contribution in [2.45, 2.75) is 13.8 Å². The van der Waals surface area contributed by atoms with E-state index in [1.165, 1.54) is 0 Å². The van der Waals surface area contributed by atoms with Crippen LogP contribution in [0.15, 0.2) is 72.4 Å². The molecule has 2 nitrogen and oxygen atoms in total. The zero-order valence-electron chi connectivity index (χ0n) is 9.88. The molecule has 84 valence electrons. The molecule has 0 saturated heterocycles. The van der Waals surface area contributed by atoms with E-state index in [9.17, 15) is 0 Å². The zero-order chi connectivity index (χ0) is 12.0. The van der Waals surface area contributed by atoms with E-state index in [0.717, 1.165) is 22.8 Å². The van der Waals surface area contributed by atoms with Crippen LogP contribution < -0.4 is 10.6 Å². The van der Waals surface area contributed by atoms with Gasteiger partial charge in [0.25, 0.3) is 0 Å². The van der Waals surface area contributed by atoms with Crippen molar-refractivity contribution in [3.05, 3.63) is 72.4 Å². The minimum atomic E-state index is 0.941. The molecular formula is C14H18N2. The molecular weight excluding hydrogens is 196 g/mol. The van der Waals surface area contributed by atoms with Gasteiger partial charge in [-0.1, -0.05) is 25.3 Å². The van der Waals surface area contributed by atoms with Gasteiger partial charge in [0, 0.05) is 0 Å². The van der Waals surface area contributed by atoms with Crippen molar-refractivity contribution in [2.24, 2.45) is 0 Å². The molecule has 2 N–H and O–H groups in total. The second kappa shape index (κ2) is 5.81. The second-order valence-corrected chi connectivity index (χ2v) is 3.31. The van der Waals surface area contributed by atoms with Crippen LogP contribution in [0.1, 0.15) is 13.8 Å². The Bertz CT molecular complexity index is 368. The molecule has 1 rings (SSSR count). The third-order valence-corrected chi connectivity index (χ3v) is 2.19. The van der Waals surface area contributed by atoms with Crippen molar-refractivity contribution in [1.29, 1.82) is 0 Å². The highest BCUT2D eigenvalue weighted by Gasteiger charge is 2.12. The number of hydrogen-bond acceptors (Lipinski definition) is 2. The van der Waals surface area contributed by atoms with Crippen molar-refractivity contribution in [2.75, 3.05) is 0 Å². The van der Waals surface area contributed by atoms with Crippen molar-refractivity contribution < 1.29 is 0 Å². The Labute approximate surface area is 97.4 Å². The van der Waals surface area contributed by atoms with E-state index in [4.69, 9.17) is 0 Å². The topological polar surface area (TPSA) is 24.1 Å². The van der Waals surface area contributed by atoms with Crippen LogP contribution in [0.4, 0.5) is 0 Å². The lowest BCUT2D eigenvalue weighted by Gasteiger charge is -2.23. The Hall–Kier alpha value is -1.96. The van der Waals surface area contributed by atoms with Crippen LogP contribution >= 0.6 is 0 Å². The Morgan fingerprint density at radius 1 is 0.750 bits per heavy atom. The molecule has 0 aromatic carbocycles. The maximum atomic E-state index is 3.78. The van der Waals surface area contributed by atoms with Gasteiger partial charge in [-0.15, -0.1) is 0 Å². The highest BCUT2D eigenvalue weighted by Crippen LogP contribution is 2.16. The summed E-state index contributed by atoms with van der Waals surface area (Å²) in [4.78, 5) is 0. The van der Waals surface area contributed by atoms with Crippen molar-refractivity contribution in [3.8, 4) is 0 Å². The fourth-order valence-corrected chi connectivity index (χ4v) is 1.48. The standard InChI is InChI=1S/C14H18N2/c1-5-9-13-14(10-6-2)16-12(8-4)11(7-3)15-13/h5-10,15-16H,3-4H2,1-2H3/b9-5-,10-6-. The Balaban J connectivity index is 3.12. The highest BCUT2D eigenvalue weighted by molar-refractivity contribution is 5.45. The smallest absolute Gasteiger partial charge is 0.0620 e. The molecule has 0 fully saturated rings. The number of allylic oxidation sites excluding steroid dienone is 6. The van der Waals surface area contributed by atoms with Crippen LogP contribution in [0.25, 0.3) is 0 Å². The highest BCUT2D eigenvalue weighted by atomic mass is 15.0. The first-order valence-electron chi connectivity index (χ1n) is 5.29. The lowest BCUT2D eigenvalue weighted by Crippen LogP contribution is -2.28. The van der Waals surface area contributed by atoms with E-state index in [1.54, 1.807) is 12.2 Å². The van der Waals surface area contributed by atoms with Gasteiger partial charge in [0.2, 0.25) is 0 Å². The van der Waals surface area contributed by atoms with Crippen LogP contribution in [0.2, 0.25) is 0 Å². The van der Waals surface area contributed by atoms with Gasteiger partial charge in [-0.2, -0.15) is 0 Å². The molecule has 0 spiro atoms. The number of nitrogens with one attached hydrogen (secondary N) is 2. The molecule has 2 heteroatoms. The monoisotopic (exact) mass is 214 g/mol. The van der Waals surface area contributed by atoms with Gasteiger partial charge < -0.3 is 10.6 Å². The van der Waals surface area contributed by atoms with Gasteiger partial charge in [-0.25, -0.2) is 0 Å². The molecule has 16 heavy (non-hydrogen) atoms. The molecule has 0 saturated carbocycles. The van der Waals surface area contributed by atoms with Crippen LogP contribution in [-0.4, -0.2) is 0 Å². The summed E-state index contributed by atoms with van der Waals surface area (Å²) in [7, 11) is 0. The summed E-state index contributed by atoms with van der Waals surface area (Å²) >= 11 is 0. The van der Waals surface area contributed by atoms with Gasteiger partial charge in [0.05, 0.1) is 22.8 Å². The SMILES string of the molecule is C=CC1=C(C=C)NC(/C=C\C)=C(/C=C\C)N1. The maximum absolute atomic E-state index is 3.78. The quantitative estimate of drug-likeness (QED) is 0.751. The van der Waals surface area contributed by atoms with E-state index >= 15 is 0 Å². The Morgan fingerprint density at radius 2 is 1.12 bits per heavy atom. The first kappa shape index (κ1) is 12.1. The first-order valence-corrected chi connectivity index (χ1v) is 5.29. The summed E-state index contributed by atoms with van der Waals surface area (Å²) in [5.41, 5.74) is 3.94. The van der Waals surface area contributed by atoms with Crippen molar-refractivity contribution in [1.82, 2.24) is 10.6 Å². The molecule has 0 atom stereocenters. The fraction of sp³-hybridized carbons (Fsp3) is 0.143. The molecule has 0 aliphatic carbocycles. The van der Waals surface area contributed by atoms with Gasteiger partial charge in [-0.3, -0.25) is 0 Å². The molecule has 1 aliphatic heterocycles. The minimum Gasteiger partial charge on any atom is -0.352 e. The third kappa shape index (κ3) is 2.54. The van der Waals surface area contributed by atoms with Crippen LogP contribution in [0, 0.1) is 0 Å². The summed E-state index contributed by atoms with van der Waals surface area (Å²) in [5, 5.41) is 6.62. The molecule has 0 amide bonds. The van der Waals surface area contributed by atoms with Crippen molar-refractivity contribution >= 4 is 0 Å². The predicted molar refractivity (Wildman–Crippen MR) is 70.3 cm³/mol. The zero-order valence-corrected chi connectivity index (χ0v) is 9.88. The Kier molecular flexibility index (Phi) is 4.40. The van der Waals surface area contributed by atoms with Crippen LogP contribution in [0.5, 0.6) is 0 Å². The average Bonchev–Trinajstić information content (AvgIpc) is 2.31. The maximum Gasteiger partial charge on any atom is 0.0620 e.